The summed E-state index contributed by atoms with van der Waals surface area (Å²) in [5.41, 5.74) is 1.49. The number of carboxylic acid groups (broad SMARTS) is 1. The molecule has 2 heterocycles. The van der Waals surface area contributed by atoms with E-state index in [1.54, 1.807) is 35.8 Å². The maximum absolute atomic E-state index is 13.3. The predicted octanol–water partition coefficient (Wildman–Crippen LogP) is 4.54. The van der Waals surface area contributed by atoms with Crippen LogP contribution >= 0.6 is 11.6 Å². The summed E-state index contributed by atoms with van der Waals surface area (Å²) in [6.45, 7) is 3.13. The number of carbonyl (C=O) groups excluding carboxylic acids is 1. The van der Waals surface area contributed by atoms with Crippen LogP contribution in [0.15, 0.2) is 59.8 Å². The summed E-state index contributed by atoms with van der Waals surface area (Å²) >= 11 is 5.94. The fourth-order valence-electron chi connectivity index (χ4n) is 3.96. The Morgan fingerprint density at radius 2 is 1.82 bits per heavy atom. The molecule has 4 aromatic rings. The molecule has 0 aliphatic carbocycles. The van der Waals surface area contributed by atoms with Crippen molar-refractivity contribution in [2.24, 2.45) is 0 Å². The van der Waals surface area contributed by atoms with Gasteiger partial charge in [0.15, 0.2) is 11.1 Å². The number of aryl methyl sites for hydroxylation is 2. The zero-order valence-corrected chi connectivity index (χ0v) is 21.7. The molecular formula is C25H21ClF3N4O4S-. The van der Waals surface area contributed by atoms with Gasteiger partial charge in [0.05, 0.1) is 21.6 Å². The number of carbonyl (C=O) groups is 1. The third-order valence-corrected chi connectivity index (χ3v) is 7.87. The maximum Gasteiger partial charge on any atom is 0.417 e. The molecule has 8 nitrogen and oxygen atoms in total. The Balaban J connectivity index is 1.61. The van der Waals surface area contributed by atoms with E-state index in [2.05, 4.69) is 9.97 Å². The van der Waals surface area contributed by atoms with Crippen molar-refractivity contribution in [1.82, 2.24) is 18.8 Å². The second kappa shape index (κ2) is 10.3. The predicted molar refractivity (Wildman–Crippen MR) is 132 cm³/mol. The average Bonchev–Trinajstić information content (AvgIpc) is 3.21. The summed E-state index contributed by atoms with van der Waals surface area (Å²) < 4.78 is 67.4. The van der Waals surface area contributed by atoms with Crippen molar-refractivity contribution in [2.45, 2.75) is 37.9 Å². The van der Waals surface area contributed by atoms with Crippen molar-refractivity contribution >= 4 is 38.8 Å². The molecule has 0 aliphatic rings. The monoisotopic (exact) mass is 565 g/mol. The van der Waals surface area contributed by atoms with Crippen LogP contribution in [0.2, 0.25) is 5.02 Å². The second-order valence-corrected chi connectivity index (χ2v) is 10.7. The second-order valence-electron chi connectivity index (χ2n) is 8.47. The Morgan fingerprint density at radius 3 is 2.37 bits per heavy atom. The number of hydrogen-bond donors (Lipinski definition) is 0. The van der Waals surface area contributed by atoms with Gasteiger partial charge < -0.3 is 9.90 Å². The number of hydrogen-bond acceptors (Lipinski definition) is 6. The first-order valence-corrected chi connectivity index (χ1v) is 13.2. The van der Waals surface area contributed by atoms with E-state index < -0.39 is 44.4 Å². The lowest BCUT2D eigenvalue weighted by molar-refractivity contribution is -0.259. The summed E-state index contributed by atoms with van der Waals surface area (Å²) in [5.74, 6) is 0.517. The van der Waals surface area contributed by atoms with Crippen LogP contribution in [-0.4, -0.2) is 39.9 Å². The van der Waals surface area contributed by atoms with Gasteiger partial charge in [0, 0.05) is 24.8 Å². The van der Waals surface area contributed by atoms with E-state index in [4.69, 9.17) is 11.6 Å². The Kier molecular flexibility index (Phi) is 7.39. The number of pyridine rings is 1. The first-order chi connectivity index (χ1) is 17.8. The first kappa shape index (κ1) is 27.4. The molecule has 0 aliphatic heterocycles. The van der Waals surface area contributed by atoms with Crippen LogP contribution in [0.4, 0.5) is 18.0 Å². The molecule has 0 bridgehead atoms. The zero-order valence-electron chi connectivity index (χ0n) is 20.2. The smallest absolute Gasteiger partial charge is 0.417 e. The first-order valence-electron chi connectivity index (χ1n) is 11.4. The topological polar surface area (TPSA) is 108 Å². The number of benzene rings is 2. The summed E-state index contributed by atoms with van der Waals surface area (Å²) in [6, 6.07) is 11.6. The summed E-state index contributed by atoms with van der Waals surface area (Å²) in [4.78, 5) is 19.8. The number of nitrogens with zero attached hydrogens (tertiary/aromatic N) is 4. The van der Waals surface area contributed by atoms with Crippen molar-refractivity contribution < 1.29 is 31.5 Å². The Labute approximate surface area is 221 Å². The van der Waals surface area contributed by atoms with Crippen LogP contribution < -0.4 is 5.11 Å². The molecule has 2 aromatic carbocycles. The standard InChI is InChI=1S/C25H22ClF3N4O4S/c1-3-22-31-20-12-18(25(27,28)29)19(26)13-21(20)33(22)17-7-5-16(6-8-17)10-11-32(24(34)35)38(36,37)23-9-4-15(2)14-30-23/h4-9,12-14H,3,10-11H2,1-2H3,(H,34,35)/p-1. The van der Waals surface area contributed by atoms with Crippen LogP contribution in [0.5, 0.6) is 0 Å². The molecule has 0 atom stereocenters. The summed E-state index contributed by atoms with van der Waals surface area (Å²) in [6.07, 6.45) is -4.70. The zero-order chi connectivity index (χ0) is 27.8. The number of aromatic nitrogens is 3. The van der Waals surface area contributed by atoms with E-state index in [-0.39, 0.29) is 16.2 Å². The van der Waals surface area contributed by atoms with Crippen molar-refractivity contribution in [3.8, 4) is 5.69 Å². The average molecular weight is 566 g/mol. The van der Waals surface area contributed by atoms with Crippen molar-refractivity contribution in [3.63, 3.8) is 0 Å². The van der Waals surface area contributed by atoms with E-state index in [1.807, 2.05) is 6.92 Å². The summed E-state index contributed by atoms with van der Waals surface area (Å²) in [7, 11) is -4.43. The molecular weight excluding hydrogens is 545 g/mol. The van der Waals surface area contributed by atoms with Crippen LogP contribution in [-0.2, 0) is 29.0 Å². The molecule has 2 aromatic heterocycles. The number of halogens is 4. The van der Waals surface area contributed by atoms with E-state index >= 15 is 0 Å². The van der Waals surface area contributed by atoms with Gasteiger partial charge in [0.25, 0.3) is 10.0 Å². The molecule has 0 N–H and O–H groups in total. The third-order valence-electron chi connectivity index (χ3n) is 5.87. The molecule has 200 valence electrons. The number of imidazole rings is 1. The van der Waals surface area contributed by atoms with Gasteiger partial charge in [0.2, 0.25) is 0 Å². The van der Waals surface area contributed by atoms with Gasteiger partial charge in [-0.05, 0) is 54.8 Å². The molecule has 0 saturated carbocycles. The number of alkyl halides is 3. The van der Waals surface area contributed by atoms with Crippen molar-refractivity contribution in [3.05, 3.63) is 82.3 Å². The van der Waals surface area contributed by atoms with Gasteiger partial charge in [-0.1, -0.05) is 36.7 Å². The minimum atomic E-state index is -4.62. The van der Waals surface area contributed by atoms with Gasteiger partial charge >= 0.3 is 6.18 Å². The largest absolute Gasteiger partial charge is 0.529 e. The van der Waals surface area contributed by atoms with Crippen LogP contribution in [0.1, 0.15) is 29.4 Å². The van der Waals surface area contributed by atoms with Gasteiger partial charge in [-0.15, -0.1) is 0 Å². The molecule has 0 spiro atoms. The van der Waals surface area contributed by atoms with E-state index in [1.165, 1.54) is 24.4 Å². The van der Waals surface area contributed by atoms with Gasteiger partial charge in [-0.3, -0.25) is 4.57 Å². The molecule has 1 amide bonds. The summed E-state index contributed by atoms with van der Waals surface area (Å²) in [5, 5.41) is 10.8. The Bertz CT molecular complexity index is 1600. The lowest BCUT2D eigenvalue weighted by Crippen LogP contribution is -2.46. The van der Waals surface area contributed by atoms with Crippen LogP contribution in [0.25, 0.3) is 16.7 Å². The van der Waals surface area contributed by atoms with E-state index in [0.717, 1.165) is 6.07 Å². The quantitative estimate of drug-likeness (QED) is 0.325. The van der Waals surface area contributed by atoms with Crippen molar-refractivity contribution in [2.75, 3.05) is 6.54 Å². The molecule has 0 unspecified atom stereocenters. The maximum atomic E-state index is 13.3. The molecule has 0 fully saturated rings. The van der Waals surface area contributed by atoms with Crippen LogP contribution in [0.3, 0.4) is 0 Å². The SMILES string of the molecule is CCc1nc2cc(C(F)(F)F)c(Cl)cc2n1-c1ccc(CCN(C(=O)[O-])S(=O)(=O)c2ccc(C)cn2)cc1. The van der Waals surface area contributed by atoms with Gasteiger partial charge in [-0.25, -0.2) is 14.3 Å². The number of sulfonamides is 1. The normalized spacial score (nSPS) is 12.2. The molecule has 0 radical (unpaired) electrons. The number of rotatable bonds is 7. The lowest BCUT2D eigenvalue weighted by atomic mass is 10.1. The molecule has 38 heavy (non-hydrogen) atoms. The number of amides is 1. The molecule has 4 rings (SSSR count). The number of fused-ring (bicyclic) bond motifs is 1. The Morgan fingerprint density at radius 1 is 1.13 bits per heavy atom. The minimum Gasteiger partial charge on any atom is -0.529 e. The molecule has 13 heteroatoms. The lowest BCUT2D eigenvalue weighted by Gasteiger charge is -2.24. The highest BCUT2D eigenvalue weighted by Crippen LogP contribution is 2.37. The van der Waals surface area contributed by atoms with Crippen LogP contribution in [0, 0.1) is 6.92 Å². The van der Waals surface area contributed by atoms with Gasteiger partial charge in [-0.2, -0.15) is 21.6 Å². The van der Waals surface area contributed by atoms with Crippen molar-refractivity contribution in [1.29, 1.82) is 0 Å². The highest BCUT2D eigenvalue weighted by atomic mass is 35.5. The van der Waals surface area contributed by atoms with E-state index in [9.17, 15) is 31.5 Å². The minimum absolute atomic E-state index is 0.0471. The Hall–Kier alpha value is -3.64. The van der Waals surface area contributed by atoms with Gasteiger partial charge in [0.1, 0.15) is 5.82 Å². The van der Waals surface area contributed by atoms with E-state index in [0.29, 0.717) is 34.6 Å². The molecule has 0 saturated heterocycles. The highest BCUT2D eigenvalue weighted by molar-refractivity contribution is 7.89. The third kappa shape index (κ3) is 5.32. The highest BCUT2D eigenvalue weighted by Gasteiger charge is 2.34. The fraction of sp³-hybridized carbons (Fsp3) is 0.240. The fourth-order valence-corrected chi connectivity index (χ4v) is 5.41.